The first-order valence-electron chi connectivity index (χ1n) is 4.35. The van der Waals surface area contributed by atoms with E-state index in [1.54, 1.807) is 0 Å². The lowest BCUT2D eigenvalue weighted by atomic mass is 9.87. The van der Waals surface area contributed by atoms with Crippen molar-refractivity contribution in [1.82, 2.24) is 0 Å². The van der Waals surface area contributed by atoms with E-state index in [1.807, 2.05) is 0 Å². The molecule has 1 aromatic rings. The summed E-state index contributed by atoms with van der Waals surface area (Å²) in [7, 11) is 0. The minimum absolute atomic E-state index is 0.393. The van der Waals surface area contributed by atoms with Gasteiger partial charge in [0.1, 0.15) is 17.8 Å². The zero-order chi connectivity index (χ0) is 10.8. The SMILES string of the molecule is CC(C)(F)C(C=O)c1ccc(F)cc1. The topological polar surface area (TPSA) is 17.1 Å². The maximum Gasteiger partial charge on any atom is 0.130 e. The van der Waals surface area contributed by atoms with E-state index in [4.69, 9.17) is 0 Å². The molecule has 0 N–H and O–H groups in total. The van der Waals surface area contributed by atoms with Gasteiger partial charge in [-0.05, 0) is 31.5 Å². The molecule has 3 heteroatoms. The maximum atomic E-state index is 13.5. The molecular weight excluding hydrogens is 186 g/mol. The molecule has 0 bridgehead atoms. The van der Waals surface area contributed by atoms with Crippen LogP contribution in [-0.4, -0.2) is 12.0 Å². The van der Waals surface area contributed by atoms with Gasteiger partial charge in [0.15, 0.2) is 0 Å². The van der Waals surface area contributed by atoms with Crippen LogP contribution in [0.5, 0.6) is 0 Å². The summed E-state index contributed by atoms with van der Waals surface area (Å²) in [6.07, 6.45) is 0.549. The summed E-state index contributed by atoms with van der Waals surface area (Å²) in [5.41, 5.74) is -1.13. The molecule has 0 amide bonds. The van der Waals surface area contributed by atoms with Crippen LogP contribution < -0.4 is 0 Å². The quantitative estimate of drug-likeness (QED) is 0.682. The van der Waals surface area contributed by atoms with E-state index in [1.165, 1.54) is 38.1 Å². The second kappa shape index (κ2) is 3.86. The van der Waals surface area contributed by atoms with Crippen LogP contribution in [0.4, 0.5) is 8.78 Å². The Balaban J connectivity index is 3.02. The molecule has 0 radical (unpaired) electrons. The highest BCUT2D eigenvalue weighted by Gasteiger charge is 2.30. The molecule has 1 unspecified atom stereocenters. The summed E-state index contributed by atoms with van der Waals surface area (Å²) in [4.78, 5) is 10.7. The largest absolute Gasteiger partial charge is 0.303 e. The number of hydrogen-bond acceptors (Lipinski definition) is 1. The van der Waals surface area contributed by atoms with Crippen LogP contribution in [0.3, 0.4) is 0 Å². The van der Waals surface area contributed by atoms with E-state index in [0.717, 1.165) is 0 Å². The third-order valence-electron chi connectivity index (χ3n) is 2.10. The van der Waals surface area contributed by atoms with Gasteiger partial charge in [-0.1, -0.05) is 12.1 Å². The van der Waals surface area contributed by atoms with Crippen LogP contribution in [0.1, 0.15) is 25.3 Å². The van der Waals surface area contributed by atoms with Gasteiger partial charge in [0, 0.05) is 0 Å². The van der Waals surface area contributed by atoms with Crippen molar-refractivity contribution in [2.75, 3.05) is 0 Å². The summed E-state index contributed by atoms with van der Waals surface area (Å²) in [6.45, 7) is 2.66. The van der Waals surface area contributed by atoms with Crippen LogP contribution in [0, 0.1) is 5.82 Å². The molecular formula is C11H12F2O. The van der Waals surface area contributed by atoms with Crippen molar-refractivity contribution < 1.29 is 13.6 Å². The molecule has 14 heavy (non-hydrogen) atoms. The van der Waals surface area contributed by atoms with Gasteiger partial charge in [0.05, 0.1) is 5.92 Å². The van der Waals surface area contributed by atoms with Crippen molar-refractivity contribution in [2.24, 2.45) is 0 Å². The average molecular weight is 198 g/mol. The summed E-state index contributed by atoms with van der Waals surface area (Å²) in [5.74, 6) is -1.24. The Morgan fingerprint density at radius 2 is 1.79 bits per heavy atom. The fourth-order valence-electron chi connectivity index (χ4n) is 1.31. The second-order valence-corrected chi connectivity index (χ2v) is 3.73. The normalized spacial score (nSPS) is 13.7. The van der Waals surface area contributed by atoms with Crippen LogP contribution in [-0.2, 0) is 4.79 Å². The van der Waals surface area contributed by atoms with Crippen molar-refractivity contribution in [2.45, 2.75) is 25.4 Å². The molecule has 0 fully saturated rings. The minimum atomic E-state index is -1.63. The molecule has 1 atom stereocenters. The van der Waals surface area contributed by atoms with Gasteiger partial charge in [0.25, 0.3) is 0 Å². The number of benzene rings is 1. The van der Waals surface area contributed by atoms with E-state index in [2.05, 4.69) is 0 Å². The Morgan fingerprint density at radius 3 is 2.14 bits per heavy atom. The third-order valence-corrected chi connectivity index (χ3v) is 2.10. The van der Waals surface area contributed by atoms with Crippen molar-refractivity contribution in [3.8, 4) is 0 Å². The standard InChI is InChI=1S/C11H12F2O/c1-11(2,13)10(7-14)8-3-5-9(12)6-4-8/h3-7,10H,1-2H3. The monoisotopic (exact) mass is 198 g/mol. The molecule has 0 saturated carbocycles. The lowest BCUT2D eigenvalue weighted by Crippen LogP contribution is -2.24. The molecule has 0 aliphatic carbocycles. The third kappa shape index (κ3) is 2.37. The predicted octanol–water partition coefficient (Wildman–Crippen LogP) is 2.86. The molecule has 76 valence electrons. The van der Waals surface area contributed by atoms with Crippen molar-refractivity contribution in [1.29, 1.82) is 0 Å². The predicted molar refractivity (Wildman–Crippen MR) is 50.4 cm³/mol. The molecule has 0 saturated heterocycles. The lowest BCUT2D eigenvalue weighted by Gasteiger charge is -2.21. The number of aldehydes is 1. The summed E-state index contributed by atoms with van der Waals surface area (Å²) < 4.78 is 26.1. The Hall–Kier alpha value is -1.25. The number of alkyl halides is 1. The molecule has 1 rings (SSSR count). The minimum Gasteiger partial charge on any atom is -0.303 e. The van der Waals surface area contributed by atoms with E-state index in [9.17, 15) is 13.6 Å². The second-order valence-electron chi connectivity index (χ2n) is 3.73. The zero-order valence-corrected chi connectivity index (χ0v) is 8.13. The Bertz CT molecular complexity index is 311. The smallest absolute Gasteiger partial charge is 0.130 e. The average Bonchev–Trinajstić information content (AvgIpc) is 2.07. The van der Waals surface area contributed by atoms with Crippen molar-refractivity contribution in [3.05, 3.63) is 35.6 Å². The molecule has 0 aliphatic heterocycles. The molecule has 1 nitrogen and oxygen atoms in total. The number of hydrogen-bond donors (Lipinski definition) is 0. The highest BCUT2D eigenvalue weighted by molar-refractivity contribution is 5.64. The van der Waals surface area contributed by atoms with Gasteiger partial charge < -0.3 is 4.79 Å². The number of halogens is 2. The van der Waals surface area contributed by atoms with Crippen LogP contribution in [0.15, 0.2) is 24.3 Å². The van der Waals surface area contributed by atoms with Crippen LogP contribution in [0.25, 0.3) is 0 Å². The molecule has 0 spiro atoms. The summed E-state index contributed by atoms with van der Waals surface area (Å²) >= 11 is 0. The van der Waals surface area contributed by atoms with Crippen LogP contribution in [0.2, 0.25) is 0 Å². The Labute approximate surface area is 81.7 Å². The Kier molecular flexibility index (Phi) is 2.99. The molecule has 0 aliphatic rings. The summed E-state index contributed by atoms with van der Waals surface area (Å²) in [6, 6.07) is 5.29. The highest BCUT2D eigenvalue weighted by atomic mass is 19.1. The fourth-order valence-corrected chi connectivity index (χ4v) is 1.31. The van der Waals surface area contributed by atoms with Gasteiger partial charge >= 0.3 is 0 Å². The fraction of sp³-hybridized carbons (Fsp3) is 0.364. The first-order valence-corrected chi connectivity index (χ1v) is 4.35. The molecule has 0 aromatic heterocycles. The van der Waals surface area contributed by atoms with Crippen molar-refractivity contribution in [3.63, 3.8) is 0 Å². The lowest BCUT2D eigenvalue weighted by molar-refractivity contribution is -0.111. The molecule has 0 heterocycles. The van der Waals surface area contributed by atoms with Gasteiger partial charge in [-0.15, -0.1) is 0 Å². The maximum absolute atomic E-state index is 13.5. The van der Waals surface area contributed by atoms with Gasteiger partial charge in [-0.3, -0.25) is 0 Å². The first kappa shape index (κ1) is 10.8. The highest BCUT2D eigenvalue weighted by Crippen LogP contribution is 2.29. The number of rotatable bonds is 3. The van der Waals surface area contributed by atoms with Crippen LogP contribution >= 0.6 is 0 Å². The number of carbonyl (C=O) groups excluding carboxylic acids is 1. The van der Waals surface area contributed by atoms with E-state index in [-0.39, 0.29) is 0 Å². The van der Waals surface area contributed by atoms with Gasteiger partial charge in [-0.25, -0.2) is 8.78 Å². The van der Waals surface area contributed by atoms with E-state index >= 15 is 0 Å². The van der Waals surface area contributed by atoms with Gasteiger partial charge in [0.2, 0.25) is 0 Å². The first-order chi connectivity index (χ1) is 6.45. The van der Waals surface area contributed by atoms with Crippen molar-refractivity contribution >= 4 is 6.29 Å². The Morgan fingerprint density at radius 1 is 1.29 bits per heavy atom. The zero-order valence-electron chi connectivity index (χ0n) is 8.13. The summed E-state index contributed by atoms with van der Waals surface area (Å²) in [5, 5.41) is 0. The molecule has 1 aromatic carbocycles. The van der Waals surface area contributed by atoms with E-state index < -0.39 is 17.4 Å². The van der Waals surface area contributed by atoms with Gasteiger partial charge in [-0.2, -0.15) is 0 Å². The van der Waals surface area contributed by atoms with E-state index in [0.29, 0.717) is 11.8 Å². The number of carbonyl (C=O) groups is 1.